The topological polar surface area (TPSA) is 88.9 Å². The summed E-state index contributed by atoms with van der Waals surface area (Å²) < 4.78 is 56.1. The molecule has 4 heterocycles. The lowest BCUT2D eigenvalue weighted by Gasteiger charge is -2.35. The number of ether oxygens (including phenoxy) is 1. The SMILES string of the molecule is CC(Oc1nc2ccc(-c3ccc(S(C)=O)cc3)nc2s1)C1CCN(C2N=C(C(F)(F)F)NO2)CC1. The van der Waals surface area contributed by atoms with Gasteiger partial charge in [0.1, 0.15) is 16.5 Å². The third kappa shape index (κ3) is 5.38. The zero-order chi connectivity index (χ0) is 25.4. The smallest absolute Gasteiger partial charge is 0.451 e. The van der Waals surface area contributed by atoms with Crippen molar-refractivity contribution in [1.82, 2.24) is 20.3 Å². The van der Waals surface area contributed by atoms with Crippen LogP contribution in [-0.2, 0) is 15.6 Å². The molecule has 0 spiro atoms. The molecule has 0 bridgehead atoms. The van der Waals surface area contributed by atoms with Gasteiger partial charge in [0.25, 0.3) is 5.19 Å². The molecule has 3 atom stereocenters. The average molecular weight is 540 g/mol. The van der Waals surface area contributed by atoms with Crippen molar-refractivity contribution < 1.29 is 27.0 Å². The summed E-state index contributed by atoms with van der Waals surface area (Å²) in [7, 11) is -1.03. The Morgan fingerprint density at radius 2 is 1.89 bits per heavy atom. The predicted molar refractivity (Wildman–Crippen MR) is 131 cm³/mol. The van der Waals surface area contributed by atoms with Crippen LogP contribution in [0.3, 0.4) is 0 Å². The molecule has 1 fully saturated rings. The van der Waals surface area contributed by atoms with Gasteiger partial charge in [-0.2, -0.15) is 13.2 Å². The van der Waals surface area contributed by atoms with E-state index in [1.54, 1.807) is 11.2 Å². The maximum atomic E-state index is 12.8. The first kappa shape index (κ1) is 25.1. The number of piperidine rings is 1. The lowest BCUT2D eigenvalue weighted by Crippen LogP contribution is -2.44. The van der Waals surface area contributed by atoms with Gasteiger partial charge in [0.15, 0.2) is 0 Å². The van der Waals surface area contributed by atoms with Crippen molar-refractivity contribution in [2.75, 3.05) is 19.3 Å². The second kappa shape index (κ2) is 10.0. The van der Waals surface area contributed by atoms with E-state index in [0.29, 0.717) is 18.3 Å². The fraction of sp³-hybridized carbons (Fsp3) is 0.435. The van der Waals surface area contributed by atoms with Gasteiger partial charge in [0.2, 0.25) is 12.2 Å². The number of alkyl halides is 3. The summed E-state index contributed by atoms with van der Waals surface area (Å²) in [5.41, 5.74) is 4.35. The minimum atomic E-state index is -4.55. The van der Waals surface area contributed by atoms with E-state index in [1.807, 2.05) is 48.8 Å². The highest BCUT2D eigenvalue weighted by molar-refractivity contribution is 7.84. The Labute approximate surface area is 212 Å². The molecule has 0 amide bonds. The Morgan fingerprint density at radius 3 is 2.53 bits per heavy atom. The summed E-state index contributed by atoms with van der Waals surface area (Å²) in [6.45, 7) is 3.08. The highest BCUT2D eigenvalue weighted by Crippen LogP contribution is 2.32. The monoisotopic (exact) mass is 539 g/mol. The number of aliphatic imine (C=N–C) groups is 1. The summed E-state index contributed by atoms with van der Waals surface area (Å²) in [6.07, 6.45) is -2.52. The number of fused-ring (bicyclic) bond motifs is 1. The van der Waals surface area contributed by atoms with Crippen molar-refractivity contribution in [1.29, 1.82) is 0 Å². The number of nitrogens with one attached hydrogen (secondary N) is 1. The summed E-state index contributed by atoms with van der Waals surface area (Å²) in [6, 6.07) is 11.3. The van der Waals surface area contributed by atoms with Gasteiger partial charge in [0, 0.05) is 40.6 Å². The van der Waals surface area contributed by atoms with Gasteiger partial charge < -0.3 is 4.74 Å². The van der Waals surface area contributed by atoms with E-state index in [0.717, 1.165) is 39.3 Å². The van der Waals surface area contributed by atoms with Crippen LogP contribution in [0.1, 0.15) is 19.8 Å². The summed E-state index contributed by atoms with van der Waals surface area (Å²) in [4.78, 5) is 21.2. The Hall–Kier alpha value is -2.61. The van der Waals surface area contributed by atoms with Crippen molar-refractivity contribution in [2.24, 2.45) is 10.9 Å². The fourth-order valence-electron chi connectivity index (χ4n) is 4.25. The number of nitrogens with zero attached hydrogens (tertiary/aromatic N) is 4. The molecular formula is C23H24F3N5O3S2. The molecule has 36 heavy (non-hydrogen) atoms. The first-order valence-electron chi connectivity index (χ1n) is 11.4. The number of thiazole rings is 1. The van der Waals surface area contributed by atoms with Crippen LogP contribution in [0, 0.1) is 5.92 Å². The van der Waals surface area contributed by atoms with Crippen LogP contribution in [-0.4, -0.2) is 62.9 Å². The molecule has 0 radical (unpaired) electrons. The maximum Gasteiger partial charge on any atom is 0.451 e. The normalized spacial score (nSPS) is 21.2. The maximum absolute atomic E-state index is 12.8. The lowest BCUT2D eigenvalue weighted by molar-refractivity contribution is -0.0924. The third-order valence-electron chi connectivity index (χ3n) is 6.32. The number of rotatable bonds is 6. The van der Waals surface area contributed by atoms with Crippen molar-refractivity contribution in [2.45, 2.75) is 43.3 Å². The molecule has 13 heteroatoms. The Morgan fingerprint density at radius 1 is 1.17 bits per heavy atom. The molecule has 2 aliphatic rings. The minimum absolute atomic E-state index is 0.119. The number of amidine groups is 1. The summed E-state index contributed by atoms with van der Waals surface area (Å²) >= 11 is 1.37. The van der Waals surface area contributed by atoms with E-state index < -0.39 is 29.2 Å². The zero-order valence-electron chi connectivity index (χ0n) is 19.5. The standard InChI is InChI=1S/C23H24F3N5O3S2/c1-13(14-9-11-31(12-10-14)21-29-20(30-34-21)23(24,25)26)33-22-28-18-8-7-17(27-19(18)35-22)15-3-5-16(6-4-15)36(2)32/h3-8,13-14,21H,9-12H2,1-2H3,(H,29,30). The second-order valence-electron chi connectivity index (χ2n) is 8.70. The first-order chi connectivity index (χ1) is 17.2. The molecule has 0 saturated carbocycles. The Balaban J connectivity index is 1.20. The zero-order valence-corrected chi connectivity index (χ0v) is 21.1. The number of benzene rings is 1. The van der Waals surface area contributed by atoms with Crippen molar-refractivity contribution >= 4 is 38.3 Å². The highest BCUT2D eigenvalue weighted by atomic mass is 32.2. The van der Waals surface area contributed by atoms with Gasteiger partial charge in [-0.05, 0) is 49.9 Å². The van der Waals surface area contributed by atoms with Gasteiger partial charge in [-0.3, -0.25) is 9.11 Å². The number of halogens is 3. The molecular weight excluding hydrogens is 515 g/mol. The van der Waals surface area contributed by atoms with Crippen LogP contribution < -0.4 is 10.2 Å². The van der Waals surface area contributed by atoms with Gasteiger partial charge >= 0.3 is 6.18 Å². The van der Waals surface area contributed by atoms with E-state index in [4.69, 9.17) is 14.6 Å². The third-order valence-corrected chi connectivity index (χ3v) is 8.12. The first-order valence-corrected chi connectivity index (χ1v) is 13.7. The molecule has 5 rings (SSSR count). The number of hydrogen-bond acceptors (Lipinski definition) is 9. The van der Waals surface area contributed by atoms with E-state index in [-0.39, 0.29) is 12.0 Å². The van der Waals surface area contributed by atoms with E-state index in [9.17, 15) is 17.4 Å². The molecule has 1 aromatic carbocycles. The second-order valence-corrected chi connectivity index (χ2v) is 11.0. The number of pyridine rings is 1. The number of aromatic nitrogens is 2. The highest BCUT2D eigenvalue weighted by Gasteiger charge is 2.42. The number of hydrogen-bond donors (Lipinski definition) is 1. The molecule has 1 saturated heterocycles. The fourth-order valence-corrected chi connectivity index (χ4v) is 5.64. The van der Waals surface area contributed by atoms with Gasteiger partial charge in [-0.25, -0.2) is 25.3 Å². The molecule has 2 aromatic heterocycles. The molecule has 0 aliphatic carbocycles. The van der Waals surface area contributed by atoms with E-state index in [1.165, 1.54) is 11.3 Å². The largest absolute Gasteiger partial charge is 0.467 e. The van der Waals surface area contributed by atoms with Crippen molar-refractivity contribution in [3.8, 4) is 16.5 Å². The summed E-state index contributed by atoms with van der Waals surface area (Å²) in [5, 5.41) is 0.532. The van der Waals surface area contributed by atoms with E-state index in [2.05, 4.69) is 9.98 Å². The van der Waals surface area contributed by atoms with Crippen LogP contribution >= 0.6 is 11.3 Å². The van der Waals surface area contributed by atoms with Crippen LogP contribution in [0.15, 0.2) is 46.3 Å². The van der Waals surface area contributed by atoms with Gasteiger partial charge in [-0.15, -0.1) is 0 Å². The number of likely N-dealkylation sites (tertiary alicyclic amines) is 1. The van der Waals surface area contributed by atoms with Crippen LogP contribution in [0.5, 0.6) is 5.19 Å². The Kier molecular flexibility index (Phi) is 6.99. The molecule has 2 aliphatic heterocycles. The van der Waals surface area contributed by atoms with Crippen LogP contribution in [0.4, 0.5) is 13.2 Å². The quantitative estimate of drug-likeness (QED) is 0.498. The van der Waals surface area contributed by atoms with Gasteiger partial charge in [0.05, 0.1) is 5.69 Å². The van der Waals surface area contributed by atoms with Crippen molar-refractivity contribution in [3.05, 3.63) is 36.4 Å². The molecule has 1 N–H and O–H groups in total. The van der Waals surface area contributed by atoms with E-state index >= 15 is 0 Å². The molecule has 8 nitrogen and oxygen atoms in total. The lowest BCUT2D eigenvalue weighted by atomic mass is 9.92. The average Bonchev–Trinajstić information content (AvgIpc) is 3.51. The predicted octanol–water partition coefficient (Wildman–Crippen LogP) is 4.35. The van der Waals surface area contributed by atoms with Crippen molar-refractivity contribution in [3.63, 3.8) is 0 Å². The number of hydroxylamine groups is 1. The molecule has 3 unspecified atom stereocenters. The minimum Gasteiger partial charge on any atom is -0.467 e. The van der Waals surface area contributed by atoms with Crippen LogP contribution in [0.25, 0.3) is 21.6 Å². The van der Waals surface area contributed by atoms with Crippen LogP contribution in [0.2, 0.25) is 0 Å². The van der Waals surface area contributed by atoms with Gasteiger partial charge in [-0.1, -0.05) is 23.5 Å². The molecule has 3 aromatic rings. The Bertz CT molecular complexity index is 1290. The molecule has 192 valence electrons. The summed E-state index contributed by atoms with van der Waals surface area (Å²) in [5.74, 6) is -0.881.